The van der Waals surface area contributed by atoms with E-state index in [1.165, 1.54) is 23.3 Å². The highest BCUT2D eigenvalue weighted by molar-refractivity contribution is 7.22. The summed E-state index contributed by atoms with van der Waals surface area (Å²) in [6.07, 6.45) is 0. The van der Waals surface area contributed by atoms with E-state index in [2.05, 4.69) is 4.98 Å². The Labute approximate surface area is 245 Å². The predicted octanol–water partition coefficient (Wildman–Crippen LogP) is 5.50. The van der Waals surface area contributed by atoms with Crippen LogP contribution in [0.2, 0.25) is 0 Å². The lowest BCUT2D eigenvalue weighted by Crippen LogP contribution is -2.29. The summed E-state index contributed by atoms with van der Waals surface area (Å²) in [4.78, 5) is 33.4. The Hall–Kier alpha value is -4.77. The van der Waals surface area contributed by atoms with Crippen molar-refractivity contribution >= 4 is 44.1 Å². The van der Waals surface area contributed by atoms with Gasteiger partial charge in [-0.15, -0.1) is 0 Å². The summed E-state index contributed by atoms with van der Waals surface area (Å²) in [6.45, 7) is 5.46. The van der Waals surface area contributed by atoms with Crippen LogP contribution in [-0.4, -0.2) is 55.3 Å². The number of aliphatic hydroxyl groups is 1. The molecule has 4 aromatic rings. The van der Waals surface area contributed by atoms with Crippen molar-refractivity contribution in [3.8, 4) is 28.7 Å². The number of benzene rings is 3. The number of carbonyl (C=O) groups excluding carboxylic acids is 2. The third-order valence-corrected chi connectivity index (χ3v) is 7.95. The number of amides is 1. The SMILES string of the molecule is CCOc1ccc2nc(N3C(=O)C(=O)C(=C(O)c4ccc5c(c4)OCCO5)[C@H]3c3ccc(OCC)c(OC)c3)sc2c1. The molecule has 1 N–H and O–H groups in total. The Morgan fingerprint density at radius 2 is 1.76 bits per heavy atom. The summed E-state index contributed by atoms with van der Waals surface area (Å²) in [6, 6.07) is 14.5. The van der Waals surface area contributed by atoms with Crippen molar-refractivity contribution in [2.45, 2.75) is 19.9 Å². The number of fused-ring (bicyclic) bond motifs is 2. The number of thiazole rings is 1. The molecule has 0 radical (unpaired) electrons. The number of carbonyl (C=O) groups is 2. The van der Waals surface area contributed by atoms with Gasteiger partial charge in [-0.2, -0.15) is 0 Å². The number of ether oxygens (including phenoxy) is 5. The van der Waals surface area contributed by atoms with E-state index in [1.807, 2.05) is 19.9 Å². The molecule has 216 valence electrons. The van der Waals surface area contributed by atoms with Crippen LogP contribution in [0.15, 0.2) is 60.2 Å². The standard InChI is InChI=1S/C31H28N2O8S/c1-4-38-19-8-9-20-25(16-19)42-31(32-20)33-27(17-6-10-21(39-5-2)23(14-17)37-3)26(29(35)30(33)36)28(34)18-7-11-22-24(15-18)41-13-12-40-22/h6-11,14-16,27,34H,4-5,12-13H2,1-3H3/t27-/m1/s1. The molecule has 0 unspecified atom stereocenters. The summed E-state index contributed by atoms with van der Waals surface area (Å²) in [5.41, 5.74) is 1.40. The highest BCUT2D eigenvalue weighted by Crippen LogP contribution is 2.46. The summed E-state index contributed by atoms with van der Waals surface area (Å²) < 4.78 is 29.0. The van der Waals surface area contributed by atoms with E-state index >= 15 is 0 Å². The molecule has 1 saturated heterocycles. The summed E-state index contributed by atoms with van der Waals surface area (Å²) in [5.74, 6) is 0.590. The molecule has 10 nitrogen and oxygen atoms in total. The van der Waals surface area contributed by atoms with Crippen LogP contribution in [0.5, 0.6) is 28.7 Å². The maximum atomic E-state index is 13.7. The molecule has 1 amide bonds. The van der Waals surface area contributed by atoms with Crippen molar-refractivity contribution in [1.29, 1.82) is 0 Å². The average Bonchev–Trinajstić information content (AvgIpc) is 3.54. The Morgan fingerprint density at radius 1 is 0.976 bits per heavy atom. The zero-order valence-electron chi connectivity index (χ0n) is 23.2. The second-order valence-electron chi connectivity index (χ2n) is 9.43. The molecule has 11 heteroatoms. The van der Waals surface area contributed by atoms with Gasteiger partial charge in [-0.3, -0.25) is 14.5 Å². The lowest BCUT2D eigenvalue weighted by molar-refractivity contribution is -0.132. The number of aliphatic hydroxyl groups excluding tert-OH is 1. The van der Waals surface area contributed by atoms with Gasteiger partial charge in [0.15, 0.2) is 28.1 Å². The van der Waals surface area contributed by atoms with Crippen molar-refractivity contribution in [1.82, 2.24) is 4.98 Å². The fourth-order valence-corrected chi connectivity index (χ4v) is 6.09. The van der Waals surface area contributed by atoms with Crippen LogP contribution < -0.4 is 28.6 Å². The van der Waals surface area contributed by atoms with Gasteiger partial charge < -0.3 is 28.8 Å². The fourth-order valence-electron chi connectivity index (χ4n) is 5.07. The van der Waals surface area contributed by atoms with Crippen molar-refractivity contribution < 1.29 is 38.4 Å². The summed E-state index contributed by atoms with van der Waals surface area (Å²) in [7, 11) is 1.51. The first-order valence-corrected chi connectivity index (χ1v) is 14.3. The summed E-state index contributed by atoms with van der Waals surface area (Å²) >= 11 is 1.25. The molecule has 0 bridgehead atoms. The van der Waals surface area contributed by atoms with Gasteiger partial charge in [-0.05, 0) is 67.9 Å². The Kier molecular flexibility index (Phi) is 7.34. The minimum Gasteiger partial charge on any atom is -0.507 e. The first kappa shape index (κ1) is 27.4. The molecule has 1 aromatic heterocycles. The minimum atomic E-state index is -1.00. The highest BCUT2D eigenvalue weighted by atomic mass is 32.1. The quantitative estimate of drug-likeness (QED) is 0.162. The third-order valence-electron chi connectivity index (χ3n) is 6.93. The molecule has 2 aliphatic rings. The number of hydrogen-bond acceptors (Lipinski definition) is 10. The van der Waals surface area contributed by atoms with Crippen molar-refractivity contribution in [2.24, 2.45) is 0 Å². The van der Waals surface area contributed by atoms with Crippen LogP contribution in [-0.2, 0) is 9.59 Å². The van der Waals surface area contributed by atoms with Crippen LogP contribution in [0.4, 0.5) is 5.13 Å². The molecule has 1 fully saturated rings. The van der Waals surface area contributed by atoms with Gasteiger partial charge in [0.05, 0.1) is 42.2 Å². The van der Waals surface area contributed by atoms with Crippen LogP contribution in [0.3, 0.4) is 0 Å². The predicted molar refractivity (Wildman–Crippen MR) is 157 cm³/mol. The zero-order valence-corrected chi connectivity index (χ0v) is 24.0. The molecule has 42 heavy (non-hydrogen) atoms. The summed E-state index contributed by atoms with van der Waals surface area (Å²) in [5, 5.41) is 11.9. The highest BCUT2D eigenvalue weighted by Gasteiger charge is 2.48. The largest absolute Gasteiger partial charge is 0.507 e. The molecule has 3 heterocycles. The molecule has 0 saturated carbocycles. The van der Waals surface area contributed by atoms with Crippen LogP contribution in [0.1, 0.15) is 31.0 Å². The van der Waals surface area contributed by atoms with E-state index in [-0.39, 0.29) is 11.3 Å². The van der Waals surface area contributed by atoms with Gasteiger partial charge in [0.1, 0.15) is 24.7 Å². The maximum absolute atomic E-state index is 13.7. The number of anilines is 1. The first-order valence-electron chi connectivity index (χ1n) is 13.5. The number of ketones is 1. The normalized spacial score (nSPS) is 17.5. The Balaban J connectivity index is 1.53. The van der Waals surface area contributed by atoms with Crippen LogP contribution >= 0.6 is 11.3 Å². The number of aromatic nitrogens is 1. The minimum absolute atomic E-state index is 0.0860. The van der Waals surface area contributed by atoms with Crippen LogP contribution in [0.25, 0.3) is 16.0 Å². The number of hydrogen-bond donors (Lipinski definition) is 1. The number of methoxy groups -OCH3 is 1. The molecule has 1 atom stereocenters. The van der Waals surface area contributed by atoms with E-state index in [0.717, 1.165) is 4.70 Å². The monoisotopic (exact) mass is 588 g/mol. The van der Waals surface area contributed by atoms with E-state index in [0.29, 0.717) is 77.0 Å². The van der Waals surface area contributed by atoms with Crippen molar-refractivity contribution in [3.05, 3.63) is 71.3 Å². The fraction of sp³-hybridized carbons (Fsp3) is 0.258. The third kappa shape index (κ3) is 4.75. The lowest BCUT2D eigenvalue weighted by Gasteiger charge is -2.24. The first-order chi connectivity index (χ1) is 20.4. The van der Waals surface area contributed by atoms with Gasteiger partial charge in [-0.25, -0.2) is 4.98 Å². The molecule has 0 aliphatic carbocycles. The Bertz CT molecular complexity index is 1730. The lowest BCUT2D eigenvalue weighted by atomic mass is 9.95. The molecule has 6 rings (SSSR count). The van der Waals surface area contributed by atoms with E-state index in [1.54, 1.807) is 48.5 Å². The van der Waals surface area contributed by atoms with Gasteiger partial charge in [0.2, 0.25) is 0 Å². The molecular weight excluding hydrogens is 560 g/mol. The molecular formula is C31H28N2O8S. The number of Topliss-reactive ketones (excluding diaryl/α,β-unsaturated/α-hetero) is 1. The van der Waals surface area contributed by atoms with E-state index in [9.17, 15) is 14.7 Å². The van der Waals surface area contributed by atoms with Gasteiger partial charge >= 0.3 is 5.91 Å². The second kappa shape index (κ2) is 11.2. The molecule has 0 spiro atoms. The second-order valence-corrected chi connectivity index (χ2v) is 10.4. The van der Waals surface area contributed by atoms with Gasteiger partial charge in [0, 0.05) is 5.56 Å². The van der Waals surface area contributed by atoms with Crippen molar-refractivity contribution in [2.75, 3.05) is 38.4 Å². The molecule has 2 aliphatic heterocycles. The van der Waals surface area contributed by atoms with E-state index < -0.39 is 17.7 Å². The Morgan fingerprint density at radius 3 is 2.52 bits per heavy atom. The molecule has 3 aromatic carbocycles. The van der Waals surface area contributed by atoms with E-state index in [4.69, 9.17) is 23.7 Å². The number of nitrogens with zero attached hydrogens (tertiary/aromatic N) is 2. The average molecular weight is 589 g/mol. The van der Waals surface area contributed by atoms with Gasteiger partial charge in [0.25, 0.3) is 5.78 Å². The van der Waals surface area contributed by atoms with Gasteiger partial charge in [-0.1, -0.05) is 17.4 Å². The van der Waals surface area contributed by atoms with Crippen molar-refractivity contribution in [3.63, 3.8) is 0 Å². The smallest absolute Gasteiger partial charge is 0.301 e. The maximum Gasteiger partial charge on any atom is 0.301 e. The zero-order chi connectivity index (χ0) is 29.4. The number of rotatable bonds is 8. The topological polar surface area (TPSA) is 117 Å². The van der Waals surface area contributed by atoms with Crippen LogP contribution in [0, 0.1) is 0 Å².